The van der Waals surface area contributed by atoms with Gasteiger partial charge in [0.25, 0.3) is 5.91 Å². The Morgan fingerprint density at radius 3 is 2.39 bits per heavy atom. The van der Waals surface area contributed by atoms with Crippen molar-refractivity contribution in [3.05, 3.63) is 47.1 Å². The first-order chi connectivity index (χ1) is 15.4. The standard InChI is InChI=1S/C20H21ClF3N3O5S/c1-11(16(28)27-19(25,18(29)30)7-8-33-2)31-13-3-5-14(6-4-13)32-17-15(21)9-12(10-26-17)20(22,23)24/h3-6,9-11H,7-8,25H2,1-2H3,(H,27,28)(H,29,30). The molecule has 1 amide bonds. The number of aromatic nitrogens is 1. The van der Waals surface area contributed by atoms with Crippen LogP contribution in [0.5, 0.6) is 17.4 Å². The molecular formula is C20H21ClF3N3O5S. The summed E-state index contributed by atoms with van der Waals surface area (Å²) in [5, 5.41) is 11.3. The number of carbonyl (C=O) groups excluding carboxylic acids is 1. The zero-order chi connectivity index (χ0) is 24.8. The highest BCUT2D eigenvalue weighted by Gasteiger charge is 2.36. The van der Waals surface area contributed by atoms with Crippen molar-refractivity contribution < 1.29 is 37.3 Å². The largest absolute Gasteiger partial charge is 0.481 e. The fourth-order valence-corrected chi connectivity index (χ4v) is 3.15. The van der Waals surface area contributed by atoms with Gasteiger partial charge in [-0.1, -0.05) is 11.6 Å². The first-order valence-electron chi connectivity index (χ1n) is 9.36. The number of benzene rings is 1. The second-order valence-corrected chi connectivity index (χ2v) is 8.24. The Morgan fingerprint density at radius 1 is 1.27 bits per heavy atom. The van der Waals surface area contributed by atoms with E-state index < -0.39 is 35.4 Å². The van der Waals surface area contributed by atoms with Crippen molar-refractivity contribution >= 4 is 35.2 Å². The maximum Gasteiger partial charge on any atom is 0.417 e. The molecule has 0 saturated heterocycles. The van der Waals surface area contributed by atoms with Gasteiger partial charge in [0.05, 0.1) is 5.56 Å². The number of halogens is 4. The van der Waals surface area contributed by atoms with Crippen molar-refractivity contribution in [3.8, 4) is 17.4 Å². The fraction of sp³-hybridized carbons (Fsp3) is 0.350. The quantitative estimate of drug-likeness (QED) is 0.413. The molecule has 0 bridgehead atoms. The number of nitrogens with two attached hydrogens (primary N) is 1. The van der Waals surface area contributed by atoms with E-state index in [0.29, 0.717) is 18.0 Å². The van der Waals surface area contributed by atoms with Gasteiger partial charge < -0.3 is 19.9 Å². The minimum absolute atomic E-state index is 0.0224. The molecule has 0 fully saturated rings. The monoisotopic (exact) mass is 507 g/mol. The molecule has 0 saturated carbocycles. The highest BCUT2D eigenvalue weighted by Crippen LogP contribution is 2.34. The molecular weight excluding hydrogens is 487 g/mol. The van der Waals surface area contributed by atoms with Crippen LogP contribution in [0.4, 0.5) is 13.2 Å². The number of aliphatic carboxylic acids is 1. The molecule has 33 heavy (non-hydrogen) atoms. The molecule has 0 aliphatic rings. The molecule has 0 aliphatic carbocycles. The average Bonchev–Trinajstić information content (AvgIpc) is 2.74. The van der Waals surface area contributed by atoms with Crippen LogP contribution in [0.3, 0.4) is 0 Å². The number of hydrogen-bond acceptors (Lipinski definition) is 7. The van der Waals surface area contributed by atoms with E-state index in [-0.39, 0.29) is 28.8 Å². The maximum absolute atomic E-state index is 12.7. The molecule has 13 heteroatoms. The second kappa shape index (κ2) is 10.9. The van der Waals surface area contributed by atoms with E-state index >= 15 is 0 Å². The summed E-state index contributed by atoms with van der Waals surface area (Å²) in [6.45, 7) is 1.42. The molecule has 4 N–H and O–H groups in total. The van der Waals surface area contributed by atoms with Crippen LogP contribution in [0.25, 0.3) is 0 Å². The van der Waals surface area contributed by atoms with Crippen LogP contribution in [0.2, 0.25) is 5.02 Å². The van der Waals surface area contributed by atoms with Crippen LogP contribution in [-0.4, -0.2) is 45.7 Å². The topological polar surface area (TPSA) is 124 Å². The van der Waals surface area contributed by atoms with Crippen molar-refractivity contribution in [2.75, 3.05) is 12.0 Å². The number of hydrogen-bond donors (Lipinski definition) is 3. The molecule has 0 spiro atoms. The van der Waals surface area contributed by atoms with E-state index in [1.807, 2.05) is 0 Å². The van der Waals surface area contributed by atoms with E-state index in [4.69, 9.17) is 26.8 Å². The minimum atomic E-state index is -4.58. The number of nitrogens with zero attached hydrogens (tertiary/aromatic N) is 1. The Hall–Kier alpha value is -2.70. The van der Waals surface area contributed by atoms with E-state index in [1.165, 1.54) is 43.0 Å². The zero-order valence-electron chi connectivity index (χ0n) is 17.5. The number of amides is 1. The minimum Gasteiger partial charge on any atom is -0.481 e. The second-order valence-electron chi connectivity index (χ2n) is 6.85. The van der Waals surface area contributed by atoms with Gasteiger partial charge in [0.2, 0.25) is 5.88 Å². The smallest absolute Gasteiger partial charge is 0.417 e. The van der Waals surface area contributed by atoms with Gasteiger partial charge >= 0.3 is 12.1 Å². The van der Waals surface area contributed by atoms with Gasteiger partial charge in [-0.3, -0.25) is 10.5 Å². The van der Waals surface area contributed by atoms with E-state index in [0.717, 1.165) is 0 Å². The lowest BCUT2D eigenvalue weighted by Crippen LogP contribution is -2.63. The molecule has 2 aromatic rings. The van der Waals surface area contributed by atoms with Crippen molar-refractivity contribution in [1.29, 1.82) is 0 Å². The van der Waals surface area contributed by atoms with Crippen molar-refractivity contribution in [1.82, 2.24) is 10.3 Å². The summed E-state index contributed by atoms with van der Waals surface area (Å²) in [5.41, 5.74) is 2.87. The molecule has 2 unspecified atom stereocenters. The summed E-state index contributed by atoms with van der Waals surface area (Å²) in [4.78, 5) is 27.4. The van der Waals surface area contributed by atoms with Gasteiger partial charge in [0.1, 0.15) is 16.5 Å². The Morgan fingerprint density at radius 2 is 1.88 bits per heavy atom. The lowest BCUT2D eigenvalue weighted by Gasteiger charge is -2.27. The maximum atomic E-state index is 12.7. The number of carboxylic acid groups (broad SMARTS) is 1. The number of ether oxygens (including phenoxy) is 2. The summed E-state index contributed by atoms with van der Waals surface area (Å²) >= 11 is 7.20. The molecule has 0 radical (unpaired) electrons. The van der Waals surface area contributed by atoms with Gasteiger partial charge in [-0.15, -0.1) is 0 Å². The third-order valence-electron chi connectivity index (χ3n) is 4.28. The molecule has 0 aliphatic heterocycles. The molecule has 1 heterocycles. The number of carbonyl (C=O) groups is 2. The van der Waals surface area contributed by atoms with Crippen LogP contribution >= 0.6 is 23.4 Å². The van der Waals surface area contributed by atoms with E-state index in [9.17, 15) is 27.9 Å². The molecule has 8 nitrogen and oxygen atoms in total. The van der Waals surface area contributed by atoms with Crippen LogP contribution in [0, 0.1) is 0 Å². The Bertz CT molecular complexity index is 994. The van der Waals surface area contributed by atoms with Gasteiger partial charge in [-0.25, -0.2) is 9.78 Å². The molecule has 2 rings (SSSR count). The third kappa shape index (κ3) is 7.41. The van der Waals surface area contributed by atoms with Crippen molar-refractivity contribution in [2.45, 2.75) is 31.3 Å². The van der Waals surface area contributed by atoms with Crippen molar-refractivity contribution in [2.24, 2.45) is 5.73 Å². The normalized spacial score (nSPS) is 14.2. The molecule has 1 aromatic heterocycles. The van der Waals surface area contributed by atoms with Gasteiger partial charge in [-0.05, 0) is 49.3 Å². The summed E-state index contributed by atoms with van der Waals surface area (Å²) in [5.74, 6) is -1.42. The zero-order valence-corrected chi connectivity index (χ0v) is 19.1. The van der Waals surface area contributed by atoms with E-state index in [1.54, 1.807) is 6.26 Å². The fourth-order valence-electron chi connectivity index (χ4n) is 2.42. The third-order valence-corrected chi connectivity index (χ3v) is 5.17. The van der Waals surface area contributed by atoms with Crippen LogP contribution in [-0.2, 0) is 15.8 Å². The van der Waals surface area contributed by atoms with Crippen LogP contribution in [0.1, 0.15) is 18.9 Å². The first-order valence-corrected chi connectivity index (χ1v) is 11.1. The number of nitrogens with one attached hydrogen (secondary N) is 1. The van der Waals surface area contributed by atoms with Crippen molar-refractivity contribution in [3.63, 3.8) is 0 Å². The molecule has 2 atom stereocenters. The lowest BCUT2D eigenvalue weighted by molar-refractivity contribution is -0.148. The number of pyridine rings is 1. The predicted octanol–water partition coefficient (Wildman–Crippen LogP) is 3.92. The Kier molecular flexibility index (Phi) is 8.81. The Labute approximate surface area is 196 Å². The van der Waals surface area contributed by atoms with E-state index in [2.05, 4.69) is 10.3 Å². The molecule has 1 aromatic carbocycles. The number of thioether (sulfide) groups is 1. The van der Waals surface area contributed by atoms with Gasteiger partial charge in [0, 0.05) is 12.6 Å². The van der Waals surface area contributed by atoms with Gasteiger partial charge in [-0.2, -0.15) is 24.9 Å². The summed E-state index contributed by atoms with van der Waals surface area (Å²) in [6, 6.07) is 6.45. The molecule has 180 valence electrons. The Balaban J connectivity index is 2.01. The lowest BCUT2D eigenvalue weighted by atomic mass is 10.1. The summed E-state index contributed by atoms with van der Waals surface area (Å²) < 4.78 is 49.0. The summed E-state index contributed by atoms with van der Waals surface area (Å²) in [6.07, 6.45) is -3.24. The highest BCUT2D eigenvalue weighted by atomic mass is 35.5. The summed E-state index contributed by atoms with van der Waals surface area (Å²) in [7, 11) is 0. The van der Waals surface area contributed by atoms with Crippen LogP contribution < -0.4 is 20.5 Å². The number of alkyl halides is 3. The van der Waals surface area contributed by atoms with Gasteiger partial charge in [0.15, 0.2) is 11.8 Å². The first kappa shape index (κ1) is 26.6. The number of rotatable bonds is 10. The number of carboxylic acids is 1. The average molecular weight is 508 g/mol. The predicted molar refractivity (Wildman–Crippen MR) is 117 cm³/mol. The van der Waals surface area contributed by atoms with Crippen LogP contribution in [0.15, 0.2) is 36.5 Å². The highest BCUT2D eigenvalue weighted by molar-refractivity contribution is 7.98. The SMILES string of the molecule is CSCCC(N)(NC(=O)C(C)Oc1ccc(Oc2ncc(C(F)(F)F)cc2Cl)cc1)C(=O)O.